The molecule has 1 amide bonds. The number of hydrogen-bond donors (Lipinski definition) is 3. The maximum atomic E-state index is 12.6. The number of carbonyl (C=O) groups excluding carboxylic acids is 1. The van der Waals surface area contributed by atoms with E-state index in [9.17, 15) is 15.0 Å². The lowest BCUT2D eigenvalue weighted by Gasteiger charge is -2.09. The molecule has 0 spiro atoms. The molecular formula is C23H18Br2N4O3. The minimum atomic E-state index is -0.319. The molecule has 1 heterocycles. The van der Waals surface area contributed by atoms with Gasteiger partial charge in [0, 0.05) is 15.4 Å². The minimum Gasteiger partial charge on any atom is -0.504 e. The van der Waals surface area contributed by atoms with Crippen LogP contribution in [0.2, 0.25) is 0 Å². The highest BCUT2D eigenvalue weighted by Gasteiger charge is 2.15. The first-order chi connectivity index (χ1) is 15.4. The van der Waals surface area contributed by atoms with Gasteiger partial charge in [-0.25, -0.2) is 10.4 Å². The first-order valence-corrected chi connectivity index (χ1v) is 11.2. The summed E-state index contributed by atoms with van der Waals surface area (Å²) >= 11 is 6.93. The summed E-state index contributed by atoms with van der Waals surface area (Å²) in [4.78, 5) is 17.3. The Hall–Kier alpha value is -3.17. The second-order valence-electron chi connectivity index (χ2n) is 7.09. The molecule has 1 aromatic heterocycles. The quantitative estimate of drug-likeness (QED) is 0.181. The van der Waals surface area contributed by atoms with E-state index < -0.39 is 0 Å². The van der Waals surface area contributed by atoms with Gasteiger partial charge in [0.25, 0.3) is 5.91 Å². The van der Waals surface area contributed by atoms with Crippen LogP contribution in [0.5, 0.6) is 11.5 Å². The van der Waals surface area contributed by atoms with E-state index in [-0.39, 0.29) is 24.0 Å². The van der Waals surface area contributed by atoms with Crippen molar-refractivity contribution in [3.8, 4) is 11.5 Å². The zero-order valence-electron chi connectivity index (χ0n) is 16.7. The number of fused-ring (bicyclic) bond motifs is 1. The number of hydrazone groups is 1. The van der Waals surface area contributed by atoms with Crippen molar-refractivity contribution in [2.45, 2.75) is 13.0 Å². The molecule has 4 rings (SSSR count). The molecule has 0 atom stereocenters. The van der Waals surface area contributed by atoms with E-state index in [1.165, 1.54) is 18.3 Å². The SMILES string of the molecule is O=C(Cn1c(Cc2ccc(Br)cc2)nc2ccc(Br)cc21)N/N=C/c1ccc(O)c(O)c1. The van der Waals surface area contributed by atoms with Gasteiger partial charge in [-0.3, -0.25) is 4.79 Å². The van der Waals surface area contributed by atoms with Gasteiger partial charge >= 0.3 is 0 Å². The van der Waals surface area contributed by atoms with Gasteiger partial charge in [-0.1, -0.05) is 44.0 Å². The molecule has 0 aliphatic rings. The van der Waals surface area contributed by atoms with Crippen molar-refractivity contribution >= 4 is 55.0 Å². The maximum Gasteiger partial charge on any atom is 0.260 e. The highest BCUT2D eigenvalue weighted by Crippen LogP contribution is 2.24. The van der Waals surface area contributed by atoms with Gasteiger partial charge in [-0.2, -0.15) is 5.10 Å². The number of rotatable bonds is 6. The van der Waals surface area contributed by atoms with Gasteiger partial charge in [0.2, 0.25) is 0 Å². The minimum absolute atomic E-state index is 0.0387. The molecule has 0 bridgehead atoms. The van der Waals surface area contributed by atoms with Crippen LogP contribution in [-0.2, 0) is 17.8 Å². The van der Waals surface area contributed by atoms with Crippen molar-refractivity contribution in [2.75, 3.05) is 0 Å². The molecule has 9 heteroatoms. The van der Waals surface area contributed by atoms with E-state index in [2.05, 4.69) is 42.4 Å². The third-order valence-electron chi connectivity index (χ3n) is 4.77. The van der Waals surface area contributed by atoms with Crippen molar-refractivity contribution < 1.29 is 15.0 Å². The smallest absolute Gasteiger partial charge is 0.260 e. The second kappa shape index (κ2) is 9.54. The monoisotopic (exact) mass is 556 g/mol. The van der Waals surface area contributed by atoms with Crippen LogP contribution in [0.15, 0.2) is 74.7 Å². The Morgan fingerprint density at radius 2 is 1.75 bits per heavy atom. The first-order valence-electron chi connectivity index (χ1n) is 9.62. The fourth-order valence-corrected chi connectivity index (χ4v) is 3.83. The highest BCUT2D eigenvalue weighted by atomic mass is 79.9. The van der Waals surface area contributed by atoms with Crippen molar-refractivity contribution in [1.82, 2.24) is 15.0 Å². The molecule has 32 heavy (non-hydrogen) atoms. The number of hydrogen-bond acceptors (Lipinski definition) is 5. The van der Waals surface area contributed by atoms with Crippen LogP contribution >= 0.6 is 31.9 Å². The fourth-order valence-electron chi connectivity index (χ4n) is 3.22. The van der Waals surface area contributed by atoms with E-state index >= 15 is 0 Å². The molecular weight excluding hydrogens is 540 g/mol. The standard InChI is InChI=1S/C23H18Br2N4O3/c24-16-4-1-14(2-5-16)10-22-27-18-7-6-17(25)11-19(18)29(22)13-23(32)28-26-12-15-3-8-20(30)21(31)9-15/h1-9,11-12,30-31H,10,13H2,(H,28,32)/b26-12+. The number of halogens is 2. The number of nitrogens with zero attached hydrogens (tertiary/aromatic N) is 3. The lowest BCUT2D eigenvalue weighted by atomic mass is 10.1. The van der Waals surface area contributed by atoms with Gasteiger partial charge in [0.15, 0.2) is 11.5 Å². The van der Waals surface area contributed by atoms with Gasteiger partial charge in [-0.05, 0) is 59.7 Å². The van der Waals surface area contributed by atoms with E-state index in [0.717, 1.165) is 31.4 Å². The Bertz CT molecular complexity index is 1320. The van der Waals surface area contributed by atoms with Crippen molar-refractivity contribution in [1.29, 1.82) is 0 Å². The van der Waals surface area contributed by atoms with Gasteiger partial charge in [0.1, 0.15) is 12.4 Å². The van der Waals surface area contributed by atoms with Crippen LogP contribution in [0.4, 0.5) is 0 Å². The Morgan fingerprint density at radius 3 is 2.50 bits per heavy atom. The van der Waals surface area contributed by atoms with Gasteiger partial charge < -0.3 is 14.8 Å². The fraction of sp³-hybridized carbons (Fsp3) is 0.0870. The highest BCUT2D eigenvalue weighted by molar-refractivity contribution is 9.10. The average Bonchev–Trinajstić information content (AvgIpc) is 3.08. The number of carbonyl (C=O) groups is 1. The predicted molar refractivity (Wildman–Crippen MR) is 130 cm³/mol. The molecule has 162 valence electrons. The van der Waals surface area contributed by atoms with E-state index in [1.54, 1.807) is 6.07 Å². The van der Waals surface area contributed by atoms with E-state index in [0.29, 0.717) is 12.0 Å². The number of phenolic OH excluding ortho intramolecular Hbond substituents is 2. The number of aromatic nitrogens is 2. The van der Waals surface area contributed by atoms with Crippen LogP contribution < -0.4 is 5.43 Å². The average molecular weight is 558 g/mol. The normalized spacial score (nSPS) is 11.3. The second-order valence-corrected chi connectivity index (χ2v) is 8.92. The molecule has 0 unspecified atom stereocenters. The summed E-state index contributed by atoms with van der Waals surface area (Å²) in [5.74, 6) is -0.0282. The summed E-state index contributed by atoms with van der Waals surface area (Å²) in [5.41, 5.74) is 5.76. The summed E-state index contributed by atoms with van der Waals surface area (Å²) in [6.45, 7) is 0.0387. The number of benzene rings is 3. The third kappa shape index (κ3) is 5.17. The van der Waals surface area contributed by atoms with Crippen molar-refractivity contribution in [3.63, 3.8) is 0 Å². The molecule has 0 saturated heterocycles. The summed E-state index contributed by atoms with van der Waals surface area (Å²) in [7, 11) is 0. The predicted octanol–water partition coefficient (Wildman–Crippen LogP) is 4.71. The van der Waals surface area contributed by atoms with Gasteiger partial charge in [0.05, 0.1) is 17.2 Å². The molecule has 0 fully saturated rings. The van der Waals surface area contributed by atoms with Crippen LogP contribution in [0.1, 0.15) is 17.0 Å². The largest absolute Gasteiger partial charge is 0.504 e. The van der Waals surface area contributed by atoms with Crippen LogP contribution in [0, 0.1) is 0 Å². The maximum absolute atomic E-state index is 12.6. The Balaban J connectivity index is 1.55. The molecule has 0 aliphatic heterocycles. The van der Waals surface area contributed by atoms with E-state index in [4.69, 9.17) is 4.98 Å². The van der Waals surface area contributed by atoms with Crippen molar-refractivity contribution in [2.24, 2.45) is 5.10 Å². The Labute approximate surface area is 200 Å². The first kappa shape index (κ1) is 22.0. The molecule has 3 N–H and O–H groups in total. The molecule has 0 saturated carbocycles. The summed E-state index contributed by atoms with van der Waals surface area (Å²) in [6.07, 6.45) is 1.96. The lowest BCUT2D eigenvalue weighted by molar-refractivity contribution is -0.121. The number of phenols is 2. The summed E-state index contributed by atoms with van der Waals surface area (Å²) in [5, 5.41) is 22.9. The number of imidazole rings is 1. The van der Waals surface area contributed by atoms with Gasteiger partial charge in [-0.15, -0.1) is 0 Å². The third-order valence-corrected chi connectivity index (χ3v) is 5.79. The molecule has 0 aliphatic carbocycles. The molecule has 3 aromatic carbocycles. The number of aromatic hydroxyl groups is 2. The van der Waals surface area contributed by atoms with Crippen LogP contribution in [-0.4, -0.2) is 31.9 Å². The number of nitrogens with one attached hydrogen (secondary N) is 1. The van der Waals surface area contributed by atoms with Crippen LogP contribution in [0.25, 0.3) is 11.0 Å². The Kier molecular flexibility index (Phi) is 6.57. The molecule has 4 aromatic rings. The Morgan fingerprint density at radius 1 is 1.00 bits per heavy atom. The zero-order valence-corrected chi connectivity index (χ0v) is 19.8. The van der Waals surface area contributed by atoms with Crippen LogP contribution in [0.3, 0.4) is 0 Å². The summed E-state index contributed by atoms with van der Waals surface area (Å²) in [6, 6.07) is 18.0. The van der Waals surface area contributed by atoms with Crippen molar-refractivity contribution in [3.05, 3.63) is 86.6 Å². The summed E-state index contributed by atoms with van der Waals surface area (Å²) < 4.78 is 3.77. The number of amides is 1. The topological polar surface area (TPSA) is 99.7 Å². The zero-order chi connectivity index (χ0) is 22.7. The van der Waals surface area contributed by atoms with E-state index in [1.807, 2.05) is 47.0 Å². The molecule has 7 nitrogen and oxygen atoms in total. The lowest BCUT2D eigenvalue weighted by Crippen LogP contribution is -2.24. The molecule has 0 radical (unpaired) electrons.